The Balaban J connectivity index is 2.00. The normalized spacial score (nSPS) is 20.9. The van der Waals surface area contributed by atoms with Crippen LogP contribution < -0.4 is 5.46 Å². The molecule has 2 rings (SSSR count). The Morgan fingerprint density at radius 2 is 1.64 bits per heavy atom. The van der Waals surface area contributed by atoms with Crippen molar-refractivity contribution >= 4 is 18.6 Å². The minimum Gasteiger partial charge on any atom is -0.481 e. The molecule has 0 aliphatic carbocycles. The molecule has 1 aliphatic rings. The summed E-state index contributed by atoms with van der Waals surface area (Å²) in [5.41, 5.74) is 1.45. The van der Waals surface area contributed by atoms with Crippen molar-refractivity contribution in [1.82, 2.24) is 0 Å². The summed E-state index contributed by atoms with van der Waals surface area (Å²) >= 11 is 0. The van der Waals surface area contributed by atoms with E-state index in [0.29, 0.717) is 6.42 Å². The van der Waals surface area contributed by atoms with Gasteiger partial charge in [0.15, 0.2) is 0 Å². The fourth-order valence-corrected chi connectivity index (χ4v) is 2.33. The Labute approximate surface area is 133 Å². The number of carbonyl (C=O) groups is 1. The summed E-state index contributed by atoms with van der Waals surface area (Å²) in [5.74, 6) is -1.06. The van der Waals surface area contributed by atoms with Crippen molar-refractivity contribution < 1.29 is 19.2 Å². The molecule has 1 aromatic carbocycles. The predicted octanol–water partition coefficient (Wildman–Crippen LogP) is 2.64. The van der Waals surface area contributed by atoms with E-state index in [-0.39, 0.29) is 24.2 Å². The third-order valence-corrected chi connectivity index (χ3v) is 4.79. The fraction of sp³-hybridized carbons (Fsp3) is 0.588. The van der Waals surface area contributed by atoms with Gasteiger partial charge in [-0.05, 0) is 51.6 Å². The molecule has 22 heavy (non-hydrogen) atoms. The lowest BCUT2D eigenvalue weighted by atomic mass is 9.78. The van der Waals surface area contributed by atoms with E-state index in [9.17, 15) is 4.79 Å². The second kappa shape index (κ2) is 6.05. The summed E-state index contributed by atoms with van der Waals surface area (Å²) in [5, 5.41) is 8.91. The van der Waals surface area contributed by atoms with E-state index in [1.807, 2.05) is 52.0 Å². The molecule has 1 aromatic rings. The first-order chi connectivity index (χ1) is 10.1. The van der Waals surface area contributed by atoms with Crippen molar-refractivity contribution in [3.8, 4) is 0 Å². The summed E-state index contributed by atoms with van der Waals surface area (Å²) in [6.07, 6.45) is 1.41. The summed E-state index contributed by atoms with van der Waals surface area (Å²) < 4.78 is 12.0. The quantitative estimate of drug-likeness (QED) is 0.850. The van der Waals surface area contributed by atoms with Crippen LogP contribution >= 0.6 is 0 Å². The number of benzene rings is 1. The topological polar surface area (TPSA) is 55.8 Å². The van der Waals surface area contributed by atoms with Crippen molar-refractivity contribution in [1.29, 1.82) is 0 Å². The van der Waals surface area contributed by atoms with Crippen LogP contribution in [0.5, 0.6) is 0 Å². The molecule has 1 unspecified atom stereocenters. The lowest BCUT2D eigenvalue weighted by Gasteiger charge is -2.32. The minimum absolute atomic E-state index is 0.317. The molecular formula is C17H25BO4. The van der Waals surface area contributed by atoms with Crippen LogP contribution in [-0.4, -0.2) is 29.4 Å². The second-order valence-electron chi connectivity index (χ2n) is 7.11. The molecule has 1 saturated heterocycles. The van der Waals surface area contributed by atoms with Gasteiger partial charge in [0.1, 0.15) is 0 Å². The first-order valence-electron chi connectivity index (χ1n) is 7.80. The maximum absolute atomic E-state index is 10.8. The van der Waals surface area contributed by atoms with Crippen LogP contribution in [0.1, 0.15) is 46.6 Å². The fourth-order valence-electron chi connectivity index (χ4n) is 2.33. The second-order valence-corrected chi connectivity index (χ2v) is 7.11. The van der Waals surface area contributed by atoms with Gasteiger partial charge in [-0.25, -0.2) is 0 Å². The Kier molecular flexibility index (Phi) is 4.69. The molecule has 1 atom stereocenters. The van der Waals surface area contributed by atoms with Crippen LogP contribution in [0, 0.1) is 5.92 Å². The van der Waals surface area contributed by atoms with Gasteiger partial charge in [-0.15, -0.1) is 0 Å². The van der Waals surface area contributed by atoms with Crippen molar-refractivity contribution in [2.75, 3.05) is 0 Å². The van der Waals surface area contributed by atoms with Crippen LogP contribution in [0.2, 0.25) is 0 Å². The highest BCUT2D eigenvalue weighted by molar-refractivity contribution is 6.62. The van der Waals surface area contributed by atoms with E-state index in [2.05, 4.69) is 0 Å². The summed E-state index contributed by atoms with van der Waals surface area (Å²) in [4.78, 5) is 10.8. The summed E-state index contributed by atoms with van der Waals surface area (Å²) in [6.45, 7) is 9.88. The Morgan fingerprint density at radius 1 is 1.14 bits per heavy atom. The number of rotatable bonds is 5. The number of aliphatic carboxylic acids is 1. The summed E-state index contributed by atoms with van der Waals surface area (Å²) in [6, 6.07) is 8.05. The highest BCUT2D eigenvalue weighted by atomic mass is 16.7. The van der Waals surface area contributed by atoms with Crippen LogP contribution in [0.4, 0.5) is 0 Å². The molecule has 0 spiro atoms. The first-order valence-corrected chi connectivity index (χ1v) is 7.80. The monoisotopic (exact) mass is 304 g/mol. The average Bonchev–Trinajstić information content (AvgIpc) is 2.65. The van der Waals surface area contributed by atoms with Gasteiger partial charge in [0, 0.05) is 0 Å². The Morgan fingerprint density at radius 3 is 2.09 bits per heavy atom. The predicted molar refractivity (Wildman–Crippen MR) is 87.3 cm³/mol. The number of carboxylic acid groups (broad SMARTS) is 1. The third-order valence-electron chi connectivity index (χ3n) is 4.79. The largest absolute Gasteiger partial charge is 0.494 e. The molecule has 0 saturated carbocycles. The smallest absolute Gasteiger partial charge is 0.481 e. The molecule has 0 amide bonds. The molecule has 120 valence electrons. The Bertz CT molecular complexity index is 520. The van der Waals surface area contributed by atoms with Crippen LogP contribution in [0.3, 0.4) is 0 Å². The molecule has 0 aromatic heterocycles. The SMILES string of the molecule is CC(CCc1ccc(B2OC(C)(C)C(C)(C)O2)cc1)C(=O)O. The maximum Gasteiger partial charge on any atom is 0.494 e. The van der Waals surface area contributed by atoms with Gasteiger partial charge in [-0.1, -0.05) is 31.2 Å². The third kappa shape index (κ3) is 3.53. The van der Waals surface area contributed by atoms with Gasteiger partial charge in [-0.3, -0.25) is 4.79 Å². The number of aryl methyl sites for hydroxylation is 1. The minimum atomic E-state index is -0.742. The molecule has 1 heterocycles. The van der Waals surface area contributed by atoms with Crippen LogP contribution in [0.25, 0.3) is 0 Å². The molecule has 1 aliphatic heterocycles. The highest BCUT2D eigenvalue weighted by Crippen LogP contribution is 2.36. The number of hydrogen-bond donors (Lipinski definition) is 1. The van der Waals surface area contributed by atoms with E-state index in [1.54, 1.807) is 6.92 Å². The van der Waals surface area contributed by atoms with Gasteiger partial charge in [-0.2, -0.15) is 0 Å². The zero-order chi connectivity index (χ0) is 16.5. The molecule has 0 bridgehead atoms. The zero-order valence-electron chi connectivity index (χ0n) is 14.1. The summed E-state index contributed by atoms with van der Waals surface area (Å²) in [7, 11) is -0.350. The molecule has 1 fully saturated rings. The standard InChI is InChI=1S/C17H25BO4/c1-12(15(19)20)6-7-13-8-10-14(11-9-13)18-21-16(2,3)17(4,5)22-18/h8-12H,6-7H2,1-5H3,(H,19,20). The molecule has 4 nitrogen and oxygen atoms in total. The van der Waals surface area contributed by atoms with E-state index in [0.717, 1.165) is 17.4 Å². The number of hydrogen-bond acceptors (Lipinski definition) is 3. The van der Waals surface area contributed by atoms with E-state index < -0.39 is 5.97 Å². The average molecular weight is 304 g/mol. The van der Waals surface area contributed by atoms with Gasteiger partial charge in [0.05, 0.1) is 17.1 Å². The van der Waals surface area contributed by atoms with Crippen molar-refractivity contribution in [3.05, 3.63) is 29.8 Å². The van der Waals surface area contributed by atoms with Gasteiger partial charge in [0.25, 0.3) is 0 Å². The van der Waals surface area contributed by atoms with E-state index >= 15 is 0 Å². The lowest BCUT2D eigenvalue weighted by Crippen LogP contribution is -2.41. The molecule has 5 heteroatoms. The van der Waals surface area contributed by atoms with Gasteiger partial charge >= 0.3 is 13.1 Å². The highest BCUT2D eigenvalue weighted by Gasteiger charge is 2.51. The van der Waals surface area contributed by atoms with Crippen molar-refractivity contribution in [2.45, 2.75) is 58.7 Å². The van der Waals surface area contributed by atoms with Crippen molar-refractivity contribution in [3.63, 3.8) is 0 Å². The Hall–Kier alpha value is -1.33. The molecule has 0 radical (unpaired) electrons. The first kappa shape index (κ1) is 17.0. The van der Waals surface area contributed by atoms with Crippen LogP contribution in [-0.2, 0) is 20.5 Å². The molecular weight excluding hydrogens is 279 g/mol. The number of carboxylic acids is 1. The molecule has 1 N–H and O–H groups in total. The van der Waals surface area contributed by atoms with Crippen molar-refractivity contribution in [2.24, 2.45) is 5.92 Å². The van der Waals surface area contributed by atoms with Gasteiger partial charge < -0.3 is 14.4 Å². The zero-order valence-corrected chi connectivity index (χ0v) is 14.1. The van der Waals surface area contributed by atoms with E-state index in [1.165, 1.54) is 0 Å². The lowest BCUT2D eigenvalue weighted by molar-refractivity contribution is -0.141. The van der Waals surface area contributed by atoms with E-state index in [4.69, 9.17) is 14.4 Å². The van der Waals surface area contributed by atoms with Crippen LogP contribution in [0.15, 0.2) is 24.3 Å². The van der Waals surface area contributed by atoms with Gasteiger partial charge in [0.2, 0.25) is 0 Å². The maximum atomic E-state index is 10.8.